The molecule has 4 nitrogen and oxygen atoms in total. The molecule has 1 N–H and O–H groups in total. The molecule has 0 aromatic heterocycles. The van der Waals surface area contributed by atoms with Gasteiger partial charge in [0.2, 0.25) is 0 Å². The second-order valence-corrected chi connectivity index (χ2v) is 3.49. The van der Waals surface area contributed by atoms with Crippen molar-refractivity contribution in [2.75, 3.05) is 21.3 Å². The summed E-state index contributed by atoms with van der Waals surface area (Å²) in [6.07, 6.45) is -0.597. The van der Waals surface area contributed by atoms with Crippen LogP contribution in [-0.4, -0.2) is 26.4 Å². The van der Waals surface area contributed by atoms with Gasteiger partial charge in [-0.2, -0.15) is 0 Å². The molecule has 0 aliphatic heterocycles. The van der Waals surface area contributed by atoms with Crippen molar-refractivity contribution in [3.05, 3.63) is 23.3 Å². The van der Waals surface area contributed by atoms with Gasteiger partial charge in [0.15, 0.2) is 11.5 Å². The van der Waals surface area contributed by atoms with Crippen LogP contribution in [0.4, 0.5) is 0 Å². The molecule has 1 aromatic rings. The highest BCUT2D eigenvalue weighted by atomic mass is 16.5. The molecular formula is C12H18O4. The second kappa shape index (κ2) is 5.72. The van der Waals surface area contributed by atoms with Crippen LogP contribution in [0, 0.1) is 0 Å². The van der Waals surface area contributed by atoms with Crippen LogP contribution < -0.4 is 9.47 Å². The monoisotopic (exact) mass is 226 g/mol. The number of hydrogen-bond donors (Lipinski definition) is 1. The molecule has 1 rings (SSSR count). The van der Waals surface area contributed by atoms with E-state index >= 15 is 0 Å². The van der Waals surface area contributed by atoms with Gasteiger partial charge in [-0.15, -0.1) is 0 Å². The largest absolute Gasteiger partial charge is 0.492 e. The molecule has 1 unspecified atom stereocenters. The highest BCUT2D eigenvalue weighted by Crippen LogP contribution is 2.37. The molecule has 0 bridgehead atoms. The Kier molecular flexibility index (Phi) is 4.58. The van der Waals surface area contributed by atoms with Crippen molar-refractivity contribution in [2.24, 2.45) is 0 Å². The first-order valence-electron chi connectivity index (χ1n) is 5.06. The Morgan fingerprint density at radius 2 is 1.75 bits per heavy atom. The quantitative estimate of drug-likeness (QED) is 0.833. The van der Waals surface area contributed by atoms with Crippen molar-refractivity contribution < 1.29 is 19.3 Å². The van der Waals surface area contributed by atoms with E-state index in [1.165, 1.54) is 0 Å². The smallest absolute Gasteiger partial charge is 0.166 e. The number of ether oxygens (including phenoxy) is 3. The summed E-state index contributed by atoms with van der Waals surface area (Å²) in [5.74, 6) is 1.18. The number of rotatable bonds is 5. The zero-order valence-electron chi connectivity index (χ0n) is 10.1. The molecule has 0 spiro atoms. The van der Waals surface area contributed by atoms with Crippen LogP contribution in [0.1, 0.15) is 24.2 Å². The number of aliphatic hydroxyl groups is 1. The SMILES string of the molecule is COCc1ccc(C(C)O)c(OC)c1OC. The number of methoxy groups -OCH3 is 3. The Morgan fingerprint density at radius 1 is 1.12 bits per heavy atom. The summed E-state index contributed by atoms with van der Waals surface area (Å²) < 4.78 is 15.6. The lowest BCUT2D eigenvalue weighted by Crippen LogP contribution is -2.02. The Hall–Kier alpha value is -1.26. The summed E-state index contributed by atoms with van der Waals surface area (Å²) in [7, 11) is 4.75. The lowest BCUT2D eigenvalue weighted by molar-refractivity contribution is 0.178. The molecule has 0 fully saturated rings. The highest BCUT2D eigenvalue weighted by Gasteiger charge is 2.17. The lowest BCUT2D eigenvalue weighted by atomic mass is 10.1. The Bertz CT molecular complexity index is 347. The van der Waals surface area contributed by atoms with Gasteiger partial charge in [-0.3, -0.25) is 0 Å². The average molecular weight is 226 g/mol. The fourth-order valence-electron chi connectivity index (χ4n) is 1.65. The van der Waals surface area contributed by atoms with Gasteiger partial charge >= 0.3 is 0 Å². The van der Waals surface area contributed by atoms with Gasteiger partial charge in [0.05, 0.1) is 26.9 Å². The van der Waals surface area contributed by atoms with Crippen LogP contribution in [0.3, 0.4) is 0 Å². The molecule has 0 aliphatic rings. The van der Waals surface area contributed by atoms with Crippen molar-refractivity contribution in [2.45, 2.75) is 19.6 Å². The third-order valence-electron chi connectivity index (χ3n) is 2.38. The van der Waals surface area contributed by atoms with Crippen LogP contribution in [0.2, 0.25) is 0 Å². The molecule has 1 aromatic carbocycles. The zero-order valence-corrected chi connectivity index (χ0v) is 10.1. The molecule has 16 heavy (non-hydrogen) atoms. The maximum absolute atomic E-state index is 9.61. The van der Waals surface area contributed by atoms with E-state index in [1.54, 1.807) is 28.3 Å². The van der Waals surface area contributed by atoms with Gasteiger partial charge in [-0.1, -0.05) is 12.1 Å². The highest BCUT2D eigenvalue weighted by molar-refractivity contribution is 5.52. The number of benzene rings is 1. The molecular weight excluding hydrogens is 208 g/mol. The molecule has 0 saturated heterocycles. The first-order chi connectivity index (χ1) is 7.65. The first-order valence-corrected chi connectivity index (χ1v) is 5.06. The third kappa shape index (κ3) is 2.46. The van der Waals surface area contributed by atoms with Crippen LogP contribution >= 0.6 is 0 Å². The molecule has 1 atom stereocenters. The van der Waals surface area contributed by atoms with Crippen molar-refractivity contribution in [1.82, 2.24) is 0 Å². The first kappa shape index (κ1) is 12.8. The maximum Gasteiger partial charge on any atom is 0.166 e. The predicted octanol–water partition coefficient (Wildman–Crippen LogP) is 1.90. The molecule has 0 amide bonds. The molecule has 0 heterocycles. The molecule has 0 aliphatic carbocycles. The van der Waals surface area contributed by atoms with Crippen LogP contribution in [0.25, 0.3) is 0 Å². The lowest BCUT2D eigenvalue weighted by Gasteiger charge is -2.17. The van der Waals surface area contributed by atoms with E-state index in [0.29, 0.717) is 23.7 Å². The molecule has 0 radical (unpaired) electrons. The van der Waals surface area contributed by atoms with E-state index in [1.807, 2.05) is 12.1 Å². The average Bonchev–Trinajstić information content (AvgIpc) is 2.28. The Labute approximate surface area is 95.8 Å². The fraction of sp³-hybridized carbons (Fsp3) is 0.500. The number of hydrogen-bond acceptors (Lipinski definition) is 4. The molecule has 0 saturated carbocycles. The van der Waals surface area contributed by atoms with Crippen molar-refractivity contribution in [3.8, 4) is 11.5 Å². The Balaban J connectivity index is 3.28. The van der Waals surface area contributed by atoms with Gasteiger partial charge in [-0.05, 0) is 6.92 Å². The molecule has 90 valence electrons. The van der Waals surface area contributed by atoms with Gasteiger partial charge in [0.25, 0.3) is 0 Å². The van der Waals surface area contributed by atoms with E-state index in [-0.39, 0.29) is 0 Å². The van der Waals surface area contributed by atoms with E-state index in [2.05, 4.69) is 0 Å². The van der Waals surface area contributed by atoms with Gasteiger partial charge < -0.3 is 19.3 Å². The van der Waals surface area contributed by atoms with Gasteiger partial charge in [0, 0.05) is 18.2 Å². The third-order valence-corrected chi connectivity index (χ3v) is 2.38. The fourth-order valence-corrected chi connectivity index (χ4v) is 1.65. The Morgan fingerprint density at radius 3 is 2.19 bits per heavy atom. The van der Waals surface area contributed by atoms with Crippen LogP contribution in [0.15, 0.2) is 12.1 Å². The van der Waals surface area contributed by atoms with Crippen LogP contribution in [0.5, 0.6) is 11.5 Å². The van der Waals surface area contributed by atoms with Crippen molar-refractivity contribution in [1.29, 1.82) is 0 Å². The zero-order chi connectivity index (χ0) is 12.1. The minimum absolute atomic E-state index is 0.444. The minimum Gasteiger partial charge on any atom is -0.492 e. The van der Waals surface area contributed by atoms with Crippen molar-refractivity contribution in [3.63, 3.8) is 0 Å². The van der Waals surface area contributed by atoms with Gasteiger partial charge in [-0.25, -0.2) is 0 Å². The van der Waals surface area contributed by atoms with Gasteiger partial charge in [0.1, 0.15) is 0 Å². The minimum atomic E-state index is -0.597. The van der Waals surface area contributed by atoms with E-state index in [4.69, 9.17) is 14.2 Å². The summed E-state index contributed by atoms with van der Waals surface area (Å²) >= 11 is 0. The van der Waals surface area contributed by atoms with E-state index < -0.39 is 6.10 Å². The standard InChI is InChI=1S/C12H18O4/c1-8(13)10-6-5-9(7-14-2)11(15-3)12(10)16-4/h5-6,8,13H,7H2,1-4H3. The second-order valence-electron chi connectivity index (χ2n) is 3.49. The van der Waals surface area contributed by atoms with Crippen molar-refractivity contribution >= 4 is 0 Å². The summed E-state index contributed by atoms with van der Waals surface area (Å²) in [5, 5.41) is 9.61. The maximum atomic E-state index is 9.61. The predicted molar refractivity (Wildman–Crippen MR) is 60.9 cm³/mol. The summed E-state index contributed by atoms with van der Waals surface area (Å²) in [5.41, 5.74) is 1.60. The summed E-state index contributed by atoms with van der Waals surface area (Å²) in [6, 6.07) is 3.69. The topological polar surface area (TPSA) is 47.9 Å². The van der Waals surface area contributed by atoms with E-state index in [0.717, 1.165) is 5.56 Å². The van der Waals surface area contributed by atoms with E-state index in [9.17, 15) is 5.11 Å². The normalized spacial score (nSPS) is 12.3. The van der Waals surface area contributed by atoms with Crippen LogP contribution in [-0.2, 0) is 11.3 Å². The summed E-state index contributed by atoms with van der Waals surface area (Å²) in [4.78, 5) is 0. The summed E-state index contributed by atoms with van der Waals surface area (Å²) in [6.45, 7) is 2.13. The number of aliphatic hydroxyl groups excluding tert-OH is 1. The molecule has 4 heteroatoms.